The number of hydrogen-bond donors (Lipinski definition) is 1. The third-order valence-electron chi connectivity index (χ3n) is 6.58. The van der Waals surface area contributed by atoms with E-state index in [4.69, 9.17) is 23.2 Å². The average Bonchev–Trinajstić information content (AvgIpc) is 3.18. The number of carbonyl (C=O) groups excluding carboxylic acids is 3. The molecule has 0 spiro atoms. The van der Waals surface area contributed by atoms with Crippen molar-refractivity contribution in [1.29, 1.82) is 10.5 Å². The molecule has 8 heteroatoms. The van der Waals surface area contributed by atoms with Gasteiger partial charge in [0.1, 0.15) is 10.1 Å². The zero-order valence-corrected chi connectivity index (χ0v) is 19.1. The van der Waals surface area contributed by atoms with E-state index in [9.17, 15) is 24.9 Å². The number of carbonyl (C=O) groups is 3. The Morgan fingerprint density at radius 2 is 1.44 bits per heavy atom. The van der Waals surface area contributed by atoms with E-state index in [1.165, 1.54) is 12.1 Å². The second kappa shape index (κ2) is 7.27. The quantitative estimate of drug-likeness (QED) is 0.524. The van der Waals surface area contributed by atoms with Crippen molar-refractivity contribution >= 4 is 57.0 Å². The maximum absolute atomic E-state index is 13.8. The van der Waals surface area contributed by atoms with Crippen LogP contribution in [0.1, 0.15) is 21.6 Å². The van der Waals surface area contributed by atoms with Crippen molar-refractivity contribution < 1.29 is 14.4 Å². The predicted molar refractivity (Wildman–Crippen MR) is 126 cm³/mol. The monoisotopic (exact) mass is 485 g/mol. The van der Waals surface area contributed by atoms with Gasteiger partial charge in [-0.15, -0.1) is 0 Å². The second-order valence-electron chi connectivity index (χ2n) is 8.13. The summed E-state index contributed by atoms with van der Waals surface area (Å²) in [6.07, 6.45) is 0. The first-order chi connectivity index (χ1) is 16.3. The van der Waals surface area contributed by atoms with Gasteiger partial charge >= 0.3 is 0 Å². The van der Waals surface area contributed by atoms with Gasteiger partial charge in [0.25, 0.3) is 0 Å². The van der Waals surface area contributed by atoms with Crippen LogP contribution in [0.15, 0.2) is 70.2 Å². The molecular formula is C26H13Cl2N3O3. The van der Waals surface area contributed by atoms with Gasteiger partial charge in [0, 0.05) is 38.9 Å². The maximum Gasteiger partial charge on any atom is 0.203 e. The number of H-pyrrole nitrogens is 1. The number of Topliss-reactive ketones (excluding diaryl/α,β-unsaturated/α-hetero) is 3. The van der Waals surface area contributed by atoms with Crippen molar-refractivity contribution in [2.75, 3.05) is 0 Å². The minimum atomic E-state index is -2.43. The number of fused-ring (bicyclic) bond motifs is 2. The number of aromatic amines is 1. The van der Waals surface area contributed by atoms with Crippen LogP contribution in [0.3, 0.4) is 0 Å². The van der Waals surface area contributed by atoms with Crippen molar-refractivity contribution in [2.45, 2.75) is 6.92 Å². The van der Waals surface area contributed by atoms with Crippen molar-refractivity contribution in [2.24, 2.45) is 10.8 Å². The van der Waals surface area contributed by atoms with Crippen LogP contribution in [0.25, 0.3) is 16.5 Å². The molecule has 2 aromatic carbocycles. The Balaban J connectivity index is 1.98. The van der Waals surface area contributed by atoms with E-state index < -0.39 is 38.2 Å². The first-order valence-electron chi connectivity index (χ1n) is 10.2. The van der Waals surface area contributed by atoms with Gasteiger partial charge in [0.15, 0.2) is 16.6 Å². The second-order valence-corrected chi connectivity index (χ2v) is 8.88. The van der Waals surface area contributed by atoms with E-state index in [1.54, 1.807) is 43.3 Å². The number of aryl methyl sites for hydroxylation is 1. The Bertz CT molecular complexity index is 1620. The summed E-state index contributed by atoms with van der Waals surface area (Å²) in [5.41, 5.74) is -3.13. The fraction of sp³-hybridized carbons (Fsp3) is 0.115. The number of allylic oxidation sites excluding steroid dienone is 4. The Hall–Kier alpha value is -3.97. The molecule has 0 fully saturated rings. The molecule has 1 aromatic heterocycles. The zero-order valence-electron chi connectivity index (χ0n) is 17.6. The highest BCUT2D eigenvalue weighted by Crippen LogP contribution is 2.70. The zero-order chi connectivity index (χ0) is 24.4. The third-order valence-corrected chi connectivity index (χ3v) is 7.40. The minimum absolute atomic E-state index is 0.000944. The number of nitrogens with one attached hydrogen (secondary N) is 1. The van der Waals surface area contributed by atoms with E-state index >= 15 is 0 Å². The Kier molecular flexibility index (Phi) is 4.67. The third kappa shape index (κ3) is 2.32. The first-order valence-corrected chi connectivity index (χ1v) is 10.9. The fourth-order valence-electron chi connectivity index (χ4n) is 5.09. The van der Waals surface area contributed by atoms with Crippen molar-refractivity contribution in [3.05, 3.63) is 87.1 Å². The molecule has 0 saturated carbocycles. The molecule has 2 unspecified atom stereocenters. The maximum atomic E-state index is 13.8. The molecule has 0 amide bonds. The van der Waals surface area contributed by atoms with Gasteiger partial charge < -0.3 is 4.98 Å². The Morgan fingerprint density at radius 3 is 2.06 bits per heavy atom. The van der Waals surface area contributed by atoms with Crippen LogP contribution in [-0.4, -0.2) is 22.3 Å². The van der Waals surface area contributed by atoms with E-state index in [0.29, 0.717) is 22.2 Å². The standard InChI is InChI=1S/C26H13Cl2N3O3/c1-13-17(15-9-5-6-10-16(15)31-13)18-19(22(32)14-7-3-2-4-8-14)26(12-30)24(34)21(28)20(27)23(33)25(18,26)11-29/h2-10,31H,1H3. The molecule has 2 aliphatic rings. The summed E-state index contributed by atoms with van der Waals surface area (Å²) in [4.78, 5) is 44.0. The van der Waals surface area contributed by atoms with E-state index in [-0.39, 0.29) is 16.7 Å². The fourth-order valence-corrected chi connectivity index (χ4v) is 5.55. The predicted octanol–water partition coefficient (Wildman–Crippen LogP) is 4.99. The summed E-state index contributed by atoms with van der Waals surface area (Å²) < 4.78 is 0. The number of halogens is 2. The summed E-state index contributed by atoms with van der Waals surface area (Å²) in [5, 5.41) is 20.1. The van der Waals surface area contributed by atoms with Gasteiger partial charge in [-0.2, -0.15) is 10.5 Å². The highest BCUT2D eigenvalue weighted by Gasteiger charge is 2.78. The number of aromatic nitrogens is 1. The van der Waals surface area contributed by atoms with E-state index in [2.05, 4.69) is 4.98 Å². The van der Waals surface area contributed by atoms with Gasteiger partial charge in [-0.1, -0.05) is 71.7 Å². The first kappa shape index (κ1) is 21.9. The number of nitrogens with zero attached hydrogens (tertiary/aromatic N) is 2. The molecule has 3 aromatic rings. The van der Waals surface area contributed by atoms with Crippen LogP contribution >= 0.6 is 23.2 Å². The van der Waals surface area contributed by atoms with Crippen molar-refractivity contribution in [3.8, 4) is 12.1 Å². The van der Waals surface area contributed by atoms with Gasteiger partial charge in [0.2, 0.25) is 11.6 Å². The Morgan fingerprint density at radius 1 is 0.882 bits per heavy atom. The SMILES string of the molecule is Cc1[nH]c2ccccc2c1C1=C(C(=O)c2ccccc2)C2(C#N)C(=O)C(Cl)=C(Cl)C(=O)C12C#N. The average molecular weight is 486 g/mol. The molecule has 6 nitrogen and oxygen atoms in total. The number of benzene rings is 2. The molecule has 1 heterocycles. The highest BCUT2D eigenvalue weighted by atomic mass is 35.5. The summed E-state index contributed by atoms with van der Waals surface area (Å²) in [6, 6.07) is 19.0. The highest BCUT2D eigenvalue weighted by molar-refractivity contribution is 6.59. The number of rotatable bonds is 3. The largest absolute Gasteiger partial charge is 0.358 e. The van der Waals surface area contributed by atoms with Crippen molar-refractivity contribution in [3.63, 3.8) is 0 Å². The van der Waals surface area contributed by atoms with E-state index in [1.807, 2.05) is 18.2 Å². The molecule has 0 bridgehead atoms. The van der Waals surface area contributed by atoms with Gasteiger partial charge in [-0.25, -0.2) is 0 Å². The molecular weight excluding hydrogens is 473 g/mol. The van der Waals surface area contributed by atoms with Crippen LogP contribution in [0, 0.1) is 40.4 Å². The number of para-hydroxylation sites is 1. The molecule has 0 saturated heterocycles. The lowest BCUT2D eigenvalue weighted by Crippen LogP contribution is -2.64. The number of nitriles is 2. The number of ketones is 3. The normalized spacial score (nSPS) is 23.9. The number of hydrogen-bond acceptors (Lipinski definition) is 5. The molecule has 1 N–H and O–H groups in total. The Labute approximate surface area is 203 Å². The summed E-state index contributed by atoms with van der Waals surface area (Å²) >= 11 is 12.2. The molecule has 2 aliphatic carbocycles. The van der Waals surface area contributed by atoms with Gasteiger partial charge in [-0.3, -0.25) is 14.4 Å². The molecule has 164 valence electrons. The van der Waals surface area contributed by atoms with E-state index in [0.717, 1.165) is 0 Å². The minimum Gasteiger partial charge on any atom is -0.358 e. The van der Waals surface area contributed by atoms with Gasteiger partial charge in [-0.05, 0) is 13.0 Å². The summed E-state index contributed by atoms with van der Waals surface area (Å²) in [6.45, 7) is 1.73. The lowest BCUT2D eigenvalue weighted by Gasteiger charge is -2.53. The van der Waals surface area contributed by atoms with Gasteiger partial charge in [0.05, 0.1) is 12.1 Å². The summed E-state index contributed by atoms with van der Waals surface area (Å²) in [7, 11) is 0. The van der Waals surface area contributed by atoms with Crippen LogP contribution in [0.4, 0.5) is 0 Å². The molecule has 34 heavy (non-hydrogen) atoms. The summed E-state index contributed by atoms with van der Waals surface area (Å²) in [5.74, 6) is -2.66. The van der Waals surface area contributed by atoms with Crippen LogP contribution in [0.5, 0.6) is 0 Å². The molecule has 5 rings (SSSR count). The van der Waals surface area contributed by atoms with Crippen LogP contribution in [-0.2, 0) is 9.59 Å². The molecule has 0 aliphatic heterocycles. The lowest BCUT2D eigenvalue weighted by atomic mass is 9.40. The van der Waals surface area contributed by atoms with Crippen molar-refractivity contribution in [1.82, 2.24) is 4.98 Å². The molecule has 2 atom stereocenters. The lowest BCUT2D eigenvalue weighted by molar-refractivity contribution is -0.134. The topological polar surface area (TPSA) is 115 Å². The van der Waals surface area contributed by atoms with Crippen LogP contribution in [0.2, 0.25) is 0 Å². The molecule has 0 radical (unpaired) electrons. The van der Waals surface area contributed by atoms with Crippen LogP contribution < -0.4 is 0 Å². The smallest absolute Gasteiger partial charge is 0.203 e.